The third kappa shape index (κ3) is 5.15. The van der Waals surface area contributed by atoms with E-state index in [1.54, 1.807) is 54.6 Å². The van der Waals surface area contributed by atoms with Crippen molar-refractivity contribution in [3.05, 3.63) is 94.5 Å². The third-order valence-corrected chi connectivity index (χ3v) is 4.56. The first kappa shape index (κ1) is 20.4. The standard InChI is InChI=1S/C23H19ClO5/c1-27-21-12-6-3-9-17(21)20(25)15-29-23(26)18-10-4-7-13-22(18)28-14-16-8-2-5-11-19(16)24/h2-13H,14-15H2,1H3. The normalized spacial score (nSPS) is 10.3. The largest absolute Gasteiger partial charge is 0.496 e. The molecule has 3 aromatic carbocycles. The summed E-state index contributed by atoms with van der Waals surface area (Å²) in [5, 5.41) is 0.579. The molecule has 0 radical (unpaired) electrons. The lowest BCUT2D eigenvalue weighted by atomic mass is 10.1. The van der Waals surface area contributed by atoms with Crippen molar-refractivity contribution in [1.82, 2.24) is 0 Å². The molecule has 29 heavy (non-hydrogen) atoms. The quantitative estimate of drug-likeness (QED) is 0.387. The number of esters is 1. The van der Waals surface area contributed by atoms with Gasteiger partial charge in [0.05, 0.1) is 12.7 Å². The second-order valence-electron chi connectivity index (χ2n) is 6.08. The second kappa shape index (κ2) is 9.75. The molecule has 0 N–H and O–H groups in total. The summed E-state index contributed by atoms with van der Waals surface area (Å²) < 4.78 is 16.1. The van der Waals surface area contributed by atoms with Crippen molar-refractivity contribution < 1.29 is 23.8 Å². The number of ketones is 1. The highest BCUT2D eigenvalue weighted by molar-refractivity contribution is 6.31. The van der Waals surface area contributed by atoms with Gasteiger partial charge < -0.3 is 14.2 Å². The zero-order valence-electron chi connectivity index (χ0n) is 15.8. The molecule has 0 aliphatic heterocycles. The Morgan fingerprint density at radius 3 is 2.17 bits per heavy atom. The fourth-order valence-electron chi connectivity index (χ4n) is 2.69. The van der Waals surface area contributed by atoms with Crippen molar-refractivity contribution in [3.8, 4) is 11.5 Å². The van der Waals surface area contributed by atoms with Gasteiger partial charge in [-0.2, -0.15) is 0 Å². The molecule has 0 saturated carbocycles. The zero-order valence-corrected chi connectivity index (χ0v) is 16.5. The third-order valence-electron chi connectivity index (χ3n) is 4.19. The van der Waals surface area contributed by atoms with Crippen LogP contribution in [-0.4, -0.2) is 25.5 Å². The van der Waals surface area contributed by atoms with Gasteiger partial charge in [0.25, 0.3) is 0 Å². The maximum atomic E-state index is 12.5. The smallest absolute Gasteiger partial charge is 0.342 e. The van der Waals surface area contributed by atoms with Gasteiger partial charge in [-0.05, 0) is 30.3 Å². The van der Waals surface area contributed by atoms with Crippen molar-refractivity contribution in [2.75, 3.05) is 13.7 Å². The number of hydrogen-bond acceptors (Lipinski definition) is 5. The van der Waals surface area contributed by atoms with E-state index >= 15 is 0 Å². The van der Waals surface area contributed by atoms with Gasteiger partial charge in [0, 0.05) is 10.6 Å². The van der Waals surface area contributed by atoms with E-state index in [2.05, 4.69) is 0 Å². The Hall–Kier alpha value is -3.31. The highest BCUT2D eigenvalue weighted by Crippen LogP contribution is 2.23. The monoisotopic (exact) mass is 410 g/mol. The summed E-state index contributed by atoms with van der Waals surface area (Å²) in [6, 6.07) is 20.8. The molecule has 0 unspecified atom stereocenters. The molecule has 0 aromatic heterocycles. The number of benzene rings is 3. The molecule has 3 aromatic rings. The zero-order chi connectivity index (χ0) is 20.6. The summed E-state index contributed by atoms with van der Waals surface area (Å²) in [6.45, 7) is -0.206. The van der Waals surface area contributed by atoms with Crippen LogP contribution >= 0.6 is 11.6 Å². The average Bonchev–Trinajstić information content (AvgIpc) is 2.76. The Kier molecular flexibility index (Phi) is 6.87. The van der Waals surface area contributed by atoms with Crippen molar-refractivity contribution in [2.24, 2.45) is 0 Å². The summed E-state index contributed by atoms with van der Waals surface area (Å²) >= 11 is 6.14. The topological polar surface area (TPSA) is 61.8 Å². The summed E-state index contributed by atoms with van der Waals surface area (Å²) in [4.78, 5) is 24.9. The fourth-order valence-corrected chi connectivity index (χ4v) is 2.88. The first-order chi connectivity index (χ1) is 14.1. The van der Waals surface area contributed by atoms with E-state index in [0.717, 1.165) is 5.56 Å². The van der Waals surface area contributed by atoms with Gasteiger partial charge in [-0.1, -0.05) is 54.1 Å². The van der Waals surface area contributed by atoms with Gasteiger partial charge in [0.2, 0.25) is 5.78 Å². The van der Waals surface area contributed by atoms with Crippen LogP contribution in [0.3, 0.4) is 0 Å². The molecule has 5 nitrogen and oxygen atoms in total. The van der Waals surface area contributed by atoms with Gasteiger partial charge in [-0.25, -0.2) is 4.79 Å². The van der Waals surface area contributed by atoms with Crippen LogP contribution in [0.4, 0.5) is 0 Å². The predicted octanol–water partition coefficient (Wildman–Crippen LogP) is 4.97. The number of ether oxygens (including phenoxy) is 3. The lowest BCUT2D eigenvalue weighted by Crippen LogP contribution is -2.15. The molecule has 0 spiro atoms. The second-order valence-corrected chi connectivity index (χ2v) is 6.48. The van der Waals surface area contributed by atoms with Crippen molar-refractivity contribution in [2.45, 2.75) is 6.61 Å². The molecule has 3 rings (SSSR count). The first-order valence-corrected chi connectivity index (χ1v) is 9.26. The number of methoxy groups -OCH3 is 1. The van der Waals surface area contributed by atoms with E-state index in [1.165, 1.54) is 7.11 Å². The molecular formula is C23H19ClO5. The first-order valence-electron chi connectivity index (χ1n) is 8.88. The molecule has 0 heterocycles. The summed E-state index contributed by atoms with van der Waals surface area (Å²) in [5.74, 6) is -0.229. The number of para-hydroxylation sites is 2. The molecule has 0 saturated heterocycles. The van der Waals surface area contributed by atoms with Gasteiger partial charge in [-0.15, -0.1) is 0 Å². The summed E-state index contributed by atoms with van der Waals surface area (Å²) in [5.41, 5.74) is 1.38. The van der Waals surface area contributed by atoms with Crippen LogP contribution in [-0.2, 0) is 11.3 Å². The van der Waals surface area contributed by atoms with Gasteiger partial charge in [0.15, 0.2) is 6.61 Å². The lowest BCUT2D eigenvalue weighted by Gasteiger charge is -2.12. The molecule has 6 heteroatoms. The maximum absolute atomic E-state index is 12.5. The van der Waals surface area contributed by atoms with Gasteiger partial charge in [-0.3, -0.25) is 4.79 Å². The number of Topliss-reactive ketones (excluding diaryl/α,β-unsaturated/α-hetero) is 1. The minimum absolute atomic E-state index is 0.199. The van der Waals surface area contributed by atoms with E-state index < -0.39 is 12.6 Å². The minimum atomic E-state index is -0.650. The van der Waals surface area contributed by atoms with Gasteiger partial charge in [0.1, 0.15) is 23.7 Å². The summed E-state index contributed by atoms with van der Waals surface area (Å²) in [6.07, 6.45) is 0. The van der Waals surface area contributed by atoms with E-state index in [-0.39, 0.29) is 18.0 Å². The molecule has 0 amide bonds. The van der Waals surface area contributed by atoms with Crippen molar-refractivity contribution in [1.29, 1.82) is 0 Å². The molecule has 0 aliphatic rings. The highest BCUT2D eigenvalue weighted by atomic mass is 35.5. The Labute approximate surface area is 173 Å². The van der Waals surface area contributed by atoms with Crippen LogP contribution in [0.15, 0.2) is 72.8 Å². The van der Waals surface area contributed by atoms with Crippen LogP contribution in [0.1, 0.15) is 26.3 Å². The van der Waals surface area contributed by atoms with E-state index in [1.807, 2.05) is 18.2 Å². The molecule has 0 fully saturated rings. The van der Waals surface area contributed by atoms with Crippen molar-refractivity contribution >= 4 is 23.4 Å². The van der Waals surface area contributed by atoms with Gasteiger partial charge >= 0.3 is 5.97 Å². The van der Waals surface area contributed by atoms with E-state index in [0.29, 0.717) is 22.1 Å². The SMILES string of the molecule is COc1ccccc1C(=O)COC(=O)c1ccccc1OCc1ccccc1Cl. The van der Waals surface area contributed by atoms with Crippen molar-refractivity contribution in [3.63, 3.8) is 0 Å². The Morgan fingerprint density at radius 1 is 0.828 bits per heavy atom. The maximum Gasteiger partial charge on any atom is 0.342 e. The lowest BCUT2D eigenvalue weighted by molar-refractivity contribution is 0.0469. The Balaban J connectivity index is 1.67. The molecule has 148 valence electrons. The van der Waals surface area contributed by atoms with Crippen LogP contribution in [0.5, 0.6) is 11.5 Å². The number of rotatable bonds is 8. The highest BCUT2D eigenvalue weighted by Gasteiger charge is 2.18. The van der Waals surface area contributed by atoms with Crippen LogP contribution in [0.25, 0.3) is 0 Å². The molecule has 0 bridgehead atoms. The molecule has 0 aliphatic carbocycles. The predicted molar refractivity (Wildman–Crippen MR) is 110 cm³/mol. The molecular weight excluding hydrogens is 392 g/mol. The molecule has 0 atom stereocenters. The van der Waals surface area contributed by atoms with E-state index in [4.69, 9.17) is 25.8 Å². The number of carbonyl (C=O) groups excluding carboxylic acids is 2. The Morgan fingerprint density at radius 2 is 1.45 bits per heavy atom. The van der Waals surface area contributed by atoms with Crippen LogP contribution < -0.4 is 9.47 Å². The Bertz CT molecular complexity index is 1020. The van der Waals surface area contributed by atoms with Crippen LogP contribution in [0, 0.1) is 0 Å². The van der Waals surface area contributed by atoms with E-state index in [9.17, 15) is 9.59 Å². The average molecular weight is 411 g/mol. The summed E-state index contributed by atoms with van der Waals surface area (Å²) in [7, 11) is 1.48. The van der Waals surface area contributed by atoms with Crippen LogP contribution in [0.2, 0.25) is 5.02 Å². The number of halogens is 1. The number of carbonyl (C=O) groups is 2. The fraction of sp³-hybridized carbons (Fsp3) is 0.130. The number of hydrogen-bond donors (Lipinski definition) is 0. The minimum Gasteiger partial charge on any atom is -0.496 e.